The molecule has 0 saturated heterocycles. The minimum atomic E-state index is -0.812. The minimum absolute atomic E-state index is 0.385. The van der Waals surface area contributed by atoms with Gasteiger partial charge in [0.25, 0.3) is 0 Å². The molecule has 0 aromatic heterocycles. The summed E-state index contributed by atoms with van der Waals surface area (Å²) >= 11 is 11.8. The Hall–Kier alpha value is -3.67. The van der Waals surface area contributed by atoms with Gasteiger partial charge in [-0.2, -0.15) is 0 Å². The zero-order valence-electron chi connectivity index (χ0n) is 18.1. The van der Waals surface area contributed by atoms with Crippen LogP contribution in [-0.4, -0.2) is 12.1 Å². The van der Waals surface area contributed by atoms with Crippen LogP contribution in [0, 0.1) is 0 Å². The van der Waals surface area contributed by atoms with Crippen molar-refractivity contribution in [3.8, 4) is 34.5 Å². The van der Waals surface area contributed by atoms with E-state index in [9.17, 15) is 4.79 Å². The molecule has 0 spiro atoms. The highest BCUT2D eigenvalue weighted by Crippen LogP contribution is 2.27. The number of halogens is 2. The summed E-state index contributed by atoms with van der Waals surface area (Å²) in [6, 6.07) is 27.8. The normalized spacial score (nSPS) is 11.4. The van der Waals surface area contributed by atoms with Gasteiger partial charge in [0.15, 0.2) is 6.10 Å². The summed E-state index contributed by atoms with van der Waals surface area (Å²) in [6.07, 6.45) is -0.812. The van der Waals surface area contributed by atoms with Gasteiger partial charge in [-0.05, 0) is 104 Å². The van der Waals surface area contributed by atoms with Crippen LogP contribution in [-0.2, 0) is 4.79 Å². The van der Waals surface area contributed by atoms with Gasteiger partial charge in [-0.25, -0.2) is 4.79 Å². The number of hydrogen-bond acceptors (Lipinski definition) is 5. The molecule has 4 rings (SSSR count). The van der Waals surface area contributed by atoms with Crippen molar-refractivity contribution in [2.45, 2.75) is 13.0 Å². The number of ether oxygens (including phenoxy) is 4. The third-order valence-electron chi connectivity index (χ3n) is 4.61. The van der Waals surface area contributed by atoms with Gasteiger partial charge in [0.2, 0.25) is 0 Å². The quantitative estimate of drug-likeness (QED) is 0.183. The van der Waals surface area contributed by atoms with E-state index in [2.05, 4.69) is 0 Å². The smallest absolute Gasteiger partial charge is 0.352 e. The molecular formula is C27H20Cl2O5. The second-order valence-electron chi connectivity index (χ2n) is 7.24. The molecule has 4 aromatic carbocycles. The fourth-order valence-electron chi connectivity index (χ4n) is 2.89. The minimum Gasteiger partial charge on any atom is -0.479 e. The van der Waals surface area contributed by atoms with Gasteiger partial charge in [-0.15, -0.1) is 0 Å². The summed E-state index contributed by atoms with van der Waals surface area (Å²) in [6.45, 7) is 1.62. The number of esters is 1. The lowest BCUT2D eigenvalue weighted by molar-refractivity contribution is -0.141. The van der Waals surface area contributed by atoms with Crippen molar-refractivity contribution in [1.82, 2.24) is 0 Å². The molecule has 0 saturated carbocycles. The molecule has 34 heavy (non-hydrogen) atoms. The summed E-state index contributed by atoms with van der Waals surface area (Å²) in [4.78, 5) is 12.4. The standard InChI is InChI=1S/C27H20Cl2O5/c1-18(31-21-10-12-24(13-11-21)32-22-6-2-19(28)3-7-22)27(30)34-26-16-14-25(15-17-26)33-23-8-4-20(29)5-9-23/h2-18H,1H3. The third-order valence-corrected chi connectivity index (χ3v) is 5.11. The van der Waals surface area contributed by atoms with Crippen LogP contribution in [0.2, 0.25) is 10.0 Å². The second-order valence-corrected chi connectivity index (χ2v) is 8.11. The van der Waals surface area contributed by atoms with Gasteiger partial charge in [0.1, 0.15) is 34.5 Å². The summed E-state index contributed by atoms with van der Waals surface area (Å²) in [5.41, 5.74) is 0. The molecule has 0 N–H and O–H groups in total. The molecule has 1 atom stereocenters. The van der Waals surface area contributed by atoms with Gasteiger partial charge in [0, 0.05) is 10.0 Å². The van der Waals surface area contributed by atoms with Crippen LogP contribution in [0.25, 0.3) is 0 Å². The van der Waals surface area contributed by atoms with Gasteiger partial charge in [-0.3, -0.25) is 0 Å². The topological polar surface area (TPSA) is 54.0 Å². The maximum atomic E-state index is 12.4. The Labute approximate surface area is 207 Å². The highest BCUT2D eigenvalue weighted by molar-refractivity contribution is 6.30. The maximum absolute atomic E-state index is 12.4. The molecule has 0 aliphatic carbocycles. The Kier molecular flexibility index (Phi) is 7.58. The predicted molar refractivity (Wildman–Crippen MR) is 132 cm³/mol. The lowest BCUT2D eigenvalue weighted by atomic mass is 10.3. The number of rotatable bonds is 8. The SMILES string of the molecule is CC(Oc1ccc(Oc2ccc(Cl)cc2)cc1)C(=O)Oc1ccc(Oc2ccc(Cl)cc2)cc1. The average molecular weight is 495 g/mol. The van der Waals surface area contributed by atoms with E-state index >= 15 is 0 Å². The molecule has 0 fully saturated rings. The summed E-state index contributed by atoms with van der Waals surface area (Å²) < 4.78 is 22.6. The highest BCUT2D eigenvalue weighted by Gasteiger charge is 2.17. The van der Waals surface area contributed by atoms with Crippen LogP contribution in [0.1, 0.15) is 6.92 Å². The summed E-state index contributed by atoms with van der Waals surface area (Å²) in [5.74, 6) is 2.93. The van der Waals surface area contributed by atoms with Crippen molar-refractivity contribution < 1.29 is 23.7 Å². The van der Waals surface area contributed by atoms with Crippen LogP contribution in [0.15, 0.2) is 97.1 Å². The maximum Gasteiger partial charge on any atom is 0.352 e. The van der Waals surface area contributed by atoms with E-state index in [-0.39, 0.29) is 0 Å². The molecule has 0 amide bonds. The first kappa shape index (κ1) is 23.5. The van der Waals surface area contributed by atoms with Crippen molar-refractivity contribution in [2.24, 2.45) is 0 Å². The Bertz CT molecular complexity index is 1220. The van der Waals surface area contributed by atoms with Crippen molar-refractivity contribution >= 4 is 29.2 Å². The van der Waals surface area contributed by atoms with E-state index in [0.717, 1.165) is 0 Å². The molecule has 4 aromatic rings. The van der Waals surface area contributed by atoms with Crippen LogP contribution in [0.5, 0.6) is 34.5 Å². The largest absolute Gasteiger partial charge is 0.479 e. The van der Waals surface area contributed by atoms with E-state index in [1.54, 1.807) is 104 Å². The van der Waals surface area contributed by atoms with Crippen molar-refractivity contribution in [3.05, 3.63) is 107 Å². The van der Waals surface area contributed by atoms with E-state index in [0.29, 0.717) is 44.5 Å². The van der Waals surface area contributed by atoms with Crippen LogP contribution < -0.4 is 18.9 Å². The molecule has 1 unspecified atom stereocenters. The molecule has 0 bridgehead atoms. The first-order valence-corrected chi connectivity index (χ1v) is 11.2. The Morgan fingerprint density at radius 1 is 0.559 bits per heavy atom. The molecule has 7 heteroatoms. The van der Waals surface area contributed by atoms with E-state index in [1.807, 2.05) is 0 Å². The van der Waals surface area contributed by atoms with Crippen LogP contribution in [0.3, 0.4) is 0 Å². The zero-order valence-corrected chi connectivity index (χ0v) is 19.6. The summed E-state index contributed by atoms with van der Waals surface area (Å²) in [5, 5.41) is 1.27. The Morgan fingerprint density at radius 3 is 1.29 bits per heavy atom. The highest BCUT2D eigenvalue weighted by atomic mass is 35.5. The lowest BCUT2D eigenvalue weighted by Crippen LogP contribution is -2.28. The lowest BCUT2D eigenvalue weighted by Gasteiger charge is -2.14. The molecular weight excluding hydrogens is 475 g/mol. The van der Waals surface area contributed by atoms with Crippen molar-refractivity contribution in [1.29, 1.82) is 0 Å². The van der Waals surface area contributed by atoms with Crippen molar-refractivity contribution in [2.75, 3.05) is 0 Å². The molecule has 5 nitrogen and oxygen atoms in total. The molecule has 0 aliphatic rings. The summed E-state index contributed by atoms with van der Waals surface area (Å²) in [7, 11) is 0. The van der Waals surface area contributed by atoms with E-state index < -0.39 is 12.1 Å². The number of benzene rings is 4. The molecule has 172 valence electrons. The van der Waals surface area contributed by atoms with E-state index in [4.69, 9.17) is 42.1 Å². The number of hydrogen-bond donors (Lipinski definition) is 0. The van der Waals surface area contributed by atoms with Crippen LogP contribution in [0.4, 0.5) is 0 Å². The fraction of sp³-hybridized carbons (Fsp3) is 0.0741. The first-order chi connectivity index (χ1) is 16.4. The predicted octanol–water partition coefficient (Wildman–Crippen LogP) is 7.95. The second kappa shape index (κ2) is 11.0. The van der Waals surface area contributed by atoms with Gasteiger partial charge >= 0.3 is 5.97 Å². The van der Waals surface area contributed by atoms with Gasteiger partial charge < -0.3 is 18.9 Å². The number of carbonyl (C=O) groups is 1. The first-order valence-electron chi connectivity index (χ1n) is 10.4. The van der Waals surface area contributed by atoms with Crippen molar-refractivity contribution in [3.63, 3.8) is 0 Å². The van der Waals surface area contributed by atoms with Crippen LogP contribution >= 0.6 is 23.2 Å². The van der Waals surface area contributed by atoms with E-state index in [1.165, 1.54) is 0 Å². The molecule has 0 radical (unpaired) electrons. The monoisotopic (exact) mass is 494 g/mol. The molecule has 0 aliphatic heterocycles. The Balaban J connectivity index is 1.28. The van der Waals surface area contributed by atoms with Gasteiger partial charge in [-0.1, -0.05) is 23.2 Å². The van der Waals surface area contributed by atoms with Gasteiger partial charge in [0.05, 0.1) is 0 Å². The average Bonchev–Trinajstić information content (AvgIpc) is 2.84. The fourth-order valence-corrected chi connectivity index (χ4v) is 3.14. The molecule has 0 heterocycles. The Morgan fingerprint density at radius 2 is 0.882 bits per heavy atom. The third kappa shape index (κ3) is 6.67. The number of carbonyl (C=O) groups excluding carboxylic acids is 1. The zero-order chi connectivity index (χ0) is 23.9.